The third kappa shape index (κ3) is 3.88. The highest BCUT2D eigenvalue weighted by Gasteiger charge is 2.23. The van der Waals surface area contributed by atoms with Crippen LogP contribution in [0, 0.1) is 0 Å². The number of aromatic nitrogens is 2. The molecule has 1 aliphatic rings. The van der Waals surface area contributed by atoms with Gasteiger partial charge in [0.25, 0.3) is 5.91 Å². The number of methoxy groups -OCH3 is 1. The molecule has 25 heavy (non-hydrogen) atoms. The van der Waals surface area contributed by atoms with Crippen LogP contribution < -0.4 is 4.90 Å². The minimum atomic E-state index is -0.469. The Hall–Kier alpha value is -2.67. The van der Waals surface area contributed by atoms with E-state index in [2.05, 4.69) is 14.7 Å². The Morgan fingerprint density at radius 2 is 1.76 bits per heavy atom. The van der Waals surface area contributed by atoms with Crippen molar-refractivity contribution in [2.75, 3.05) is 38.2 Å². The van der Waals surface area contributed by atoms with Gasteiger partial charge in [0, 0.05) is 49.2 Å². The van der Waals surface area contributed by atoms with Crippen LogP contribution in [0.15, 0.2) is 36.7 Å². The molecule has 1 aromatic carbocycles. The van der Waals surface area contributed by atoms with Gasteiger partial charge in [0.05, 0.1) is 12.7 Å². The molecule has 130 valence electrons. The summed E-state index contributed by atoms with van der Waals surface area (Å²) in [5.41, 5.74) is 0.889. The number of anilines is 1. The molecule has 8 heteroatoms. The largest absolute Gasteiger partial charge is 0.465 e. The van der Waals surface area contributed by atoms with Crippen LogP contribution in [0.5, 0.6) is 0 Å². The van der Waals surface area contributed by atoms with Crippen LogP contribution >= 0.6 is 11.6 Å². The number of ether oxygens (including phenoxy) is 1. The molecule has 0 unspecified atom stereocenters. The number of carbonyl (C=O) groups is 2. The van der Waals surface area contributed by atoms with E-state index in [4.69, 9.17) is 11.6 Å². The molecular formula is C17H17ClN4O3. The van der Waals surface area contributed by atoms with E-state index in [-0.39, 0.29) is 5.91 Å². The molecular weight excluding hydrogens is 344 g/mol. The van der Waals surface area contributed by atoms with Gasteiger partial charge in [0.1, 0.15) is 0 Å². The Bertz CT molecular complexity index is 774. The zero-order valence-corrected chi connectivity index (χ0v) is 14.4. The van der Waals surface area contributed by atoms with Crippen molar-refractivity contribution in [2.45, 2.75) is 0 Å². The van der Waals surface area contributed by atoms with Crippen molar-refractivity contribution in [1.29, 1.82) is 0 Å². The number of rotatable bonds is 3. The number of piperazine rings is 1. The predicted molar refractivity (Wildman–Crippen MR) is 92.9 cm³/mol. The van der Waals surface area contributed by atoms with Crippen LogP contribution in [0.4, 0.5) is 5.95 Å². The maximum absolute atomic E-state index is 12.5. The molecule has 1 aliphatic heterocycles. The molecule has 0 saturated carbocycles. The Morgan fingerprint density at radius 1 is 1.08 bits per heavy atom. The lowest BCUT2D eigenvalue weighted by Crippen LogP contribution is -2.49. The highest BCUT2D eigenvalue weighted by Crippen LogP contribution is 2.16. The number of benzene rings is 1. The molecule has 1 aromatic heterocycles. The van der Waals surface area contributed by atoms with Crippen molar-refractivity contribution in [3.63, 3.8) is 0 Å². The summed E-state index contributed by atoms with van der Waals surface area (Å²) in [4.78, 5) is 36.1. The van der Waals surface area contributed by atoms with E-state index in [1.807, 2.05) is 4.90 Å². The molecule has 1 fully saturated rings. The first-order valence-electron chi connectivity index (χ1n) is 7.78. The molecule has 0 spiro atoms. The van der Waals surface area contributed by atoms with Crippen molar-refractivity contribution < 1.29 is 14.3 Å². The minimum Gasteiger partial charge on any atom is -0.465 e. The van der Waals surface area contributed by atoms with Gasteiger partial charge in [-0.2, -0.15) is 0 Å². The fraction of sp³-hybridized carbons (Fsp3) is 0.294. The summed E-state index contributed by atoms with van der Waals surface area (Å²) in [5.74, 6) is 0.0232. The molecule has 0 N–H and O–H groups in total. The molecule has 2 aromatic rings. The fourth-order valence-electron chi connectivity index (χ4n) is 2.62. The molecule has 0 aliphatic carbocycles. The number of esters is 1. The highest BCUT2D eigenvalue weighted by molar-refractivity contribution is 6.30. The Labute approximate surface area is 150 Å². The lowest BCUT2D eigenvalue weighted by Gasteiger charge is -2.34. The maximum atomic E-state index is 12.5. The van der Waals surface area contributed by atoms with Crippen molar-refractivity contribution in [3.05, 3.63) is 52.8 Å². The summed E-state index contributed by atoms with van der Waals surface area (Å²) in [6, 6.07) is 6.94. The zero-order chi connectivity index (χ0) is 17.8. The number of amides is 1. The molecule has 1 saturated heterocycles. The van der Waals surface area contributed by atoms with Crippen LogP contribution in [0.2, 0.25) is 5.02 Å². The van der Waals surface area contributed by atoms with Gasteiger partial charge >= 0.3 is 5.97 Å². The second-order valence-corrected chi connectivity index (χ2v) is 5.99. The standard InChI is InChI=1S/C17H17ClN4O3/c1-25-16(24)13-10-19-17(20-11-13)22-7-5-21(6-8-22)15(23)12-3-2-4-14(18)9-12/h2-4,9-11H,5-8H2,1H3. The summed E-state index contributed by atoms with van der Waals surface area (Å²) in [6.07, 6.45) is 2.88. The normalized spacial score (nSPS) is 14.3. The second-order valence-electron chi connectivity index (χ2n) is 5.55. The Morgan fingerprint density at radius 3 is 2.36 bits per heavy atom. The molecule has 2 heterocycles. The summed E-state index contributed by atoms with van der Waals surface area (Å²) < 4.78 is 4.63. The lowest BCUT2D eigenvalue weighted by molar-refractivity contribution is 0.0599. The van der Waals surface area contributed by atoms with Gasteiger partial charge in [0.15, 0.2) is 0 Å². The number of hydrogen-bond acceptors (Lipinski definition) is 6. The van der Waals surface area contributed by atoms with E-state index in [1.165, 1.54) is 19.5 Å². The van der Waals surface area contributed by atoms with Crippen LogP contribution in [0.3, 0.4) is 0 Å². The third-order valence-corrected chi connectivity index (χ3v) is 4.22. The van der Waals surface area contributed by atoms with Gasteiger partial charge in [-0.3, -0.25) is 4.79 Å². The number of hydrogen-bond donors (Lipinski definition) is 0. The zero-order valence-electron chi connectivity index (χ0n) is 13.7. The summed E-state index contributed by atoms with van der Waals surface area (Å²) >= 11 is 5.95. The lowest BCUT2D eigenvalue weighted by atomic mass is 10.2. The van der Waals surface area contributed by atoms with E-state index in [0.29, 0.717) is 48.3 Å². The minimum absolute atomic E-state index is 0.0379. The molecule has 3 rings (SSSR count). The Kier molecular flexibility index (Phi) is 5.14. The fourth-order valence-corrected chi connectivity index (χ4v) is 2.81. The summed E-state index contributed by atoms with van der Waals surface area (Å²) in [7, 11) is 1.31. The SMILES string of the molecule is COC(=O)c1cnc(N2CCN(C(=O)c3cccc(Cl)c3)CC2)nc1. The number of halogens is 1. The average molecular weight is 361 g/mol. The maximum Gasteiger partial charge on any atom is 0.341 e. The van der Waals surface area contributed by atoms with E-state index >= 15 is 0 Å². The van der Waals surface area contributed by atoms with Crippen LogP contribution in [0.1, 0.15) is 20.7 Å². The van der Waals surface area contributed by atoms with Gasteiger partial charge in [-0.05, 0) is 18.2 Å². The van der Waals surface area contributed by atoms with Gasteiger partial charge in [-0.25, -0.2) is 14.8 Å². The van der Waals surface area contributed by atoms with Crippen LogP contribution in [-0.4, -0.2) is 60.0 Å². The van der Waals surface area contributed by atoms with E-state index in [9.17, 15) is 9.59 Å². The van der Waals surface area contributed by atoms with Crippen molar-refractivity contribution >= 4 is 29.4 Å². The van der Waals surface area contributed by atoms with E-state index < -0.39 is 5.97 Å². The summed E-state index contributed by atoms with van der Waals surface area (Å²) in [5, 5.41) is 0.545. The Balaban J connectivity index is 1.62. The summed E-state index contributed by atoms with van der Waals surface area (Å²) in [6.45, 7) is 2.36. The van der Waals surface area contributed by atoms with Crippen molar-refractivity contribution in [3.8, 4) is 0 Å². The van der Waals surface area contributed by atoms with Gasteiger partial charge in [-0.15, -0.1) is 0 Å². The molecule has 7 nitrogen and oxygen atoms in total. The van der Waals surface area contributed by atoms with Gasteiger partial charge in [-0.1, -0.05) is 17.7 Å². The monoisotopic (exact) mass is 360 g/mol. The topological polar surface area (TPSA) is 75.6 Å². The average Bonchev–Trinajstić information content (AvgIpc) is 2.67. The van der Waals surface area contributed by atoms with Gasteiger partial charge in [0.2, 0.25) is 5.95 Å². The van der Waals surface area contributed by atoms with Crippen molar-refractivity contribution in [2.24, 2.45) is 0 Å². The predicted octanol–water partition coefficient (Wildman–Crippen LogP) is 1.88. The second kappa shape index (κ2) is 7.48. The molecule has 1 amide bonds. The van der Waals surface area contributed by atoms with Crippen molar-refractivity contribution in [1.82, 2.24) is 14.9 Å². The van der Waals surface area contributed by atoms with Gasteiger partial charge < -0.3 is 14.5 Å². The third-order valence-electron chi connectivity index (χ3n) is 3.98. The first kappa shape index (κ1) is 17.2. The highest BCUT2D eigenvalue weighted by atomic mass is 35.5. The smallest absolute Gasteiger partial charge is 0.341 e. The van der Waals surface area contributed by atoms with E-state index in [0.717, 1.165) is 0 Å². The number of nitrogens with zero attached hydrogens (tertiary/aromatic N) is 4. The molecule has 0 atom stereocenters. The number of carbonyl (C=O) groups excluding carboxylic acids is 2. The quantitative estimate of drug-likeness (QED) is 0.778. The van der Waals surface area contributed by atoms with Crippen LogP contribution in [0.25, 0.3) is 0 Å². The van der Waals surface area contributed by atoms with Crippen LogP contribution in [-0.2, 0) is 4.74 Å². The molecule has 0 radical (unpaired) electrons. The first-order valence-corrected chi connectivity index (χ1v) is 8.16. The van der Waals surface area contributed by atoms with E-state index in [1.54, 1.807) is 29.2 Å². The first-order chi connectivity index (χ1) is 12.1. The molecule has 0 bridgehead atoms.